The third-order valence-corrected chi connectivity index (χ3v) is 5.68. The van der Waals surface area contributed by atoms with E-state index in [0.29, 0.717) is 17.1 Å². The molecule has 6 heteroatoms. The van der Waals surface area contributed by atoms with E-state index in [2.05, 4.69) is 21.4 Å². The first-order chi connectivity index (χ1) is 11.1. The van der Waals surface area contributed by atoms with E-state index in [4.69, 9.17) is 0 Å². The van der Waals surface area contributed by atoms with Crippen molar-refractivity contribution in [2.75, 3.05) is 13.3 Å². The molecule has 1 heterocycles. The molecule has 3 rings (SSSR count). The van der Waals surface area contributed by atoms with Crippen molar-refractivity contribution < 1.29 is 4.79 Å². The Hall–Kier alpha value is -1.82. The van der Waals surface area contributed by atoms with Gasteiger partial charge in [0.2, 0.25) is 0 Å². The van der Waals surface area contributed by atoms with Gasteiger partial charge in [0.1, 0.15) is 5.82 Å². The van der Waals surface area contributed by atoms with Crippen LogP contribution in [-0.4, -0.2) is 50.6 Å². The van der Waals surface area contributed by atoms with Crippen molar-refractivity contribution >= 4 is 17.7 Å². The number of aromatic amines is 1. The van der Waals surface area contributed by atoms with Crippen LogP contribution >= 0.6 is 11.8 Å². The number of thioether (sulfide) groups is 1. The summed E-state index contributed by atoms with van der Waals surface area (Å²) < 4.78 is 0. The Balaban J connectivity index is 1.75. The van der Waals surface area contributed by atoms with Gasteiger partial charge in [-0.1, -0.05) is 18.6 Å². The highest BCUT2D eigenvalue weighted by atomic mass is 32.2. The maximum atomic E-state index is 12.7. The van der Waals surface area contributed by atoms with Gasteiger partial charge < -0.3 is 4.90 Å². The number of amides is 1. The van der Waals surface area contributed by atoms with E-state index < -0.39 is 0 Å². The van der Waals surface area contributed by atoms with Crippen LogP contribution in [0.1, 0.15) is 35.4 Å². The zero-order chi connectivity index (χ0) is 16.4. The van der Waals surface area contributed by atoms with Gasteiger partial charge in [0.15, 0.2) is 5.82 Å². The fourth-order valence-electron chi connectivity index (χ4n) is 3.21. The molecular formula is C17H22N4OS. The van der Waals surface area contributed by atoms with E-state index in [1.54, 1.807) is 0 Å². The van der Waals surface area contributed by atoms with Crippen LogP contribution in [-0.2, 0) is 0 Å². The van der Waals surface area contributed by atoms with Crippen molar-refractivity contribution in [3.8, 4) is 11.4 Å². The van der Waals surface area contributed by atoms with Crippen molar-refractivity contribution in [2.24, 2.45) is 0 Å². The molecule has 0 unspecified atom stereocenters. The SMILES string of the molecule is CS[C@H]1CCC[C@@H]1N(C)C(=O)c1ccc(-c2n[nH]c(C)n2)cc1. The van der Waals surface area contributed by atoms with E-state index in [1.807, 2.05) is 54.9 Å². The van der Waals surface area contributed by atoms with E-state index in [-0.39, 0.29) is 5.91 Å². The molecule has 1 fully saturated rings. The minimum Gasteiger partial charge on any atom is -0.338 e. The molecule has 1 N–H and O–H groups in total. The first-order valence-corrected chi connectivity index (χ1v) is 9.18. The topological polar surface area (TPSA) is 61.9 Å². The van der Waals surface area contributed by atoms with Crippen LogP contribution in [0.15, 0.2) is 24.3 Å². The number of carbonyl (C=O) groups excluding carboxylic acids is 1. The van der Waals surface area contributed by atoms with Gasteiger partial charge in [-0.3, -0.25) is 9.89 Å². The second-order valence-electron chi connectivity index (χ2n) is 6.01. The molecule has 0 spiro atoms. The Morgan fingerprint density at radius 3 is 2.65 bits per heavy atom. The number of rotatable bonds is 4. The molecule has 2 atom stereocenters. The van der Waals surface area contributed by atoms with Crippen molar-refractivity contribution in [3.63, 3.8) is 0 Å². The molecular weight excluding hydrogens is 308 g/mol. The number of H-pyrrole nitrogens is 1. The smallest absolute Gasteiger partial charge is 0.253 e. The van der Waals surface area contributed by atoms with Gasteiger partial charge in [-0.25, -0.2) is 4.98 Å². The van der Waals surface area contributed by atoms with Gasteiger partial charge in [0, 0.05) is 29.5 Å². The van der Waals surface area contributed by atoms with Crippen LogP contribution in [0, 0.1) is 6.92 Å². The highest BCUT2D eigenvalue weighted by Crippen LogP contribution is 2.32. The monoisotopic (exact) mass is 330 g/mol. The molecule has 1 amide bonds. The summed E-state index contributed by atoms with van der Waals surface area (Å²) >= 11 is 1.87. The van der Waals surface area contributed by atoms with E-state index >= 15 is 0 Å². The molecule has 23 heavy (non-hydrogen) atoms. The van der Waals surface area contributed by atoms with Crippen molar-refractivity contribution in [1.82, 2.24) is 20.1 Å². The molecule has 1 saturated carbocycles. The maximum absolute atomic E-state index is 12.7. The van der Waals surface area contributed by atoms with Gasteiger partial charge >= 0.3 is 0 Å². The summed E-state index contributed by atoms with van der Waals surface area (Å²) in [7, 11) is 1.92. The average Bonchev–Trinajstić information content (AvgIpc) is 3.22. The predicted octanol–water partition coefficient (Wildman–Crippen LogP) is 3.14. The van der Waals surface area contributed by atoms with Gasteiger partial charge in [-0.15, -0.1) is 0 Å². The molecule has 2 aromatic rings. The van der Waals surface area contributed by atoms with Gasteiger partial charge in [0.05, 0.1) is 0 Å². The average molecular weight is 330 g/mol. The van der Waals surface area contributed by atoms with E-state index in [9.17, 15) is 4.79 Å². The molecule has 1 aliphatic rings. The lowest BCUT2D eigenvalue weighted by Gasteiger charge is -2.29. The third kappa shape index (κ3) is 3.27. The molecule has 1 aromatic heterocycles. The minimum atomic E-state index is 0.0914. The van der Waals surface area contributed by atoms with Crippen molar-refractivity contribution in [3.05, 3.63) is 35.7 Å². The molecule has 0 saturated heterocycles. The van der Waals surface area contributed by atoms with Gasteiger partial charge in [-0.05, 0) is 38.2 Å². The van der Waals surface area contributed by atoms with Gasteiger partial charge in [0.25, 0.3) is 5.91 Å². The Kier molecular flexibility index (Phi) is 4.71. The third-order valence-electron chi connectivity index (χ3n) is 4.53. The summed E-state index contributed by atoms with van der Waals surface area (Å²) in [4.78, 5) is 19.0. The number of nitrogens with one attached hydrogen (secondary N) is 1. The summed E-state index contributed by atoms with van der Waals surface area (Å²) in [6, 6.07) is 7.88. The number of aryl methyl sites for hydroxylation is 1. The number of benzene rings is 1. The zero-order valence-electron chi connectivity index (χ0n) is 13.7. The number of nitrogens with zero attached hydrogens (tertiary/aromatic N) is 3. The molecule has 1 aliphatic carbocycles. The number of carbonyl (C=O) groups is 1. The van der Waals surface area contributed by atoms with Crippen molar-refractivity contribution in [1.29, 1.82) is 0 Å². The minimum absolute atomic E-state index is 0.0914. The summed E-state index contributed by atoms with van der Waals surface area (Å²) in [5, 5.41) is 7.53. The van der Waals surface area contributed by atoms with Crippen LogP contribution in [0.25, 0.3) is 11.4 Å². The van der Waals surface area contributed by atoms with Crippen LogP contribution in [0.4, 0.5) is 0 Å². The Morgan fingerprint density at radius 2 is 2.04 bits per heavy atom. The summed E-state index contributed by atoms with van der Waals surface area (Å²) in [5.74, 6) is 1.53. The van der Waals surface area contributed by atoms with Crippen LogP contribution in [0.5, 0.6) is 0 Å². The Morgan fingerprint density at radius 1 is 1.30 bits per heavy atom. The standard InChI is InChI=1S/C17H22N4OS/c1-11-18-16(20-19-11)12-7-9-13(10-8-12)17(22)21(2)14-5-4-6-15(14)23-3/h7-10,14-15H,4-6H2,1-3H3,(H,18,19,20)/t14-,15-/m0/s1. The van der Waals surface area contributed by atoms with Crippen LogP contribution < -0.4 is 0 Å². The molecule has 5 nitrogen and oxygen atoms in total. The Bertz CT molecular complexity index is 682. The molecule has 0 bridgehead atoms. The molecule has 1 aromatic carbocycles. The Labute approximate surface area is 140 Å². The predicted molar refractivity (Wildman–Crippen MR) is 93.6 cm³/mol. The van der Waals surface area contributed by atoms with Crippen LogP contribution in [0.3, 0.4) is 0 Å². The summed E-state index contributed by atoms with van der Waals surface area (Å²) in [6.45, 7) is 1.87. The highest BCUT2D eigenvalue weighted by molar-refractivity contribution is 7.99. The second kappa shape index (κ2) is 6.74. The van der Waals surface area contributed by atoms with Gasteiger partial charge in [-0.2, -0.15) is 16.9 Å². The lowest BCUT2D eigenvalue weighted by Crippen LogP contribution is -2.40. The quantitative estimate of drug-likeness (QED) is 0.935. The molecule has 122 valence electrons. The highest BCUT2D eigenvalue weighted by Gasteiger charge is 2.32. The van der Waals surface area contributed by atoms with Crippen LogP contribution in [0.2, 0.25) is 0 Å². The number of hydrogen-bond acceptors (Lipinski definition) is 4. The first kappa shape index (κ1) is 16.1. The second-order valence-corrected chi connectivity index (χ2v) is 7.09. The fourth-order valence-corrected chi connectivity index (χ4v) is 4.25. The number of aromatic nitrogens is 3. The van der Waals surface area contributed by atoms with E-state index in [0.717, 1.165) is 23.4 Å². The number of hydrogen-bond donors (Lipinski definition) is 1. The largest absolute Gasteiger partial charge is 0.338 e. The fraction of sp³-hybridized carbons (Fsp3) is 0.471. The van der Waals surface area contributed by atoms with Crippen molar-refractivity contribution in [2.45, 2.75) is 37.5 Å². The molecule has 0 radical (unpaired) electrons. The zero-order valence-corrected chi connectivity index (χ0v) is 14.6. The molecule has 0 aliphatic heterocycles. The van der Waals surface area contributed by atoms with E-state index in [1.165, 1.54) is 12.8 Å². The first-order valence-electron chi connectivity index (χ1n) is 7.89. The summed E-state index contributed by atoms with van der Waals surface area (Å²) in [6.07, 6.45) is 5.64. The lowest BCUT2D eigenvalue weighted by atomic mass is 10.1. The normalized spacial score (nSPS) is 20.7. The lowest BCUT2D eigenvalue weighted by molar-refractivity contribution is 0.0738. The summed E-state index contributed by atoms with van der Waals surface area (Å²) in [5.41, 5.74) is 1.63. The maximum Gasteiger partial charge on any atom is 0.253 e.